The number of nitrogens with one attached hydrogen (secondary N) is 2. The van der Waals surface area contributed by atoms with Crippen LogP contribution in [-0.4, -0.2) is 49.6 Å². The van der Waals surface area contributed by atoms with Gasteiger partial charge in [-0.15, -0.1) is 24.0 Å². The van der Waals surface area contributed by atoms with Crippen molar-refractivity contribution in [2.75, 3.05) is 20.6 Å². The molecule has 0 aromatic heterocycles. The van der Waals surface area contributed by atoms with Crippen molar-refractivity contribution >= 4 is 41.5 Å². The molecule has 0 spiro atoms. The Hall–Kier alpha value is -0.530. The van der Waals surface area contributed by atoms with Crippen LogP contribution in [0, 0.1) is 0 Å². The van der Waals surface area contributed by atoms with Gasteiger partial charge in [-0.2, -0.15) is 0 Å². The normalized spacial score (nSPS) is 29.6. The summed E-state index contributed by atoms with van der Waals surface area (Å²) in [4.78, 5) is 7.10. The third-order valence-electron chi connectivity index (χ3n) is 6.79. The Bertz CT molecular complexity index is 662. The zero-order valence-corrected chi connectivity index (χ0v) is 19.5. The van der Waals surface area contributed by atoms with Gasteiger partial charge in [-0.05, 0) is 63.3 Å². The van der Waals surface area contributed by atoms with E-state index in [9.17, 15) is 0 Å². The summed E-state index contributed by atoms with van der Waals surface area (Å²) in [5.41, 5.74) is 1.58. The number of hydrogen-bond donors (Lipinski definition) is 2. The first-order valence-corrected chi connectivity index (χ1v) is 10.4. The highest BCUT2D eigenvalue weighted by atomic mass is 127. The summed E-state index contributed by atoms with van der Waals surface area (Å²) in [6.45, 7) is 0.923. The minimum atomic E-state index is 0. The lowest BCUT2D eigenvalue weighted by atomic mass is 9.82. The van der Waals surface area contributed by atoms with E-state index in [1.807, 2.05) is 13.1 Å². The summed E-state index contributed by atoms with van der Waals surface area (Å²) in [6, 6.07) is 10.3. The lowest BCUT2D eigenvalue weighted by molar-refractivity contribution is 0.0526. The minimum Gasteiger partial charge on any atom is -0.356 e. The fraction of sp³-hybridized carbons (Fsp3) is 0.667. The van der Waals surface area contributed by atoms with Crippen molar-refractivity contribution in [1.29, 1.82) is 0 Å². The molecule has 2 saturated heterocycles. The van der Waals surface area contributed by atoms with E-state index in [0.717, 1.165) is 29.6 Å². The third kappa shape index (κ3) is 4.73. The van der Waals surface area contributed by atoms with Crippen LogP contribution in [0.4, 0.5) is 0 Å². The van der Waals surface area contributed by atoms with Crippen LogP contribution in [0.15, 0.2) is 29.3 Å². The maximum atomic E-state index is 6.20. The molecule has 150 valence electrons. The Morgan fingerprint density at radius 1 is 1.26 bits per heavy atom. The number of piperidine rings is 2. The minimum absolute atomic E-state index is 0. The van der Waals surface area contributed by atoms with Gasteiger partial charge in [-0.3, -0.25) is 4.99 Å². The van der Waals surface area contributed by atoms with Crippen LogP contribution in [0.1, 0.15) is 50.5 Å². The van der Waals surface area contributed by atoms with Gasteiger partial charge in [-0.1, -0.05) is 30.2 Å². The van der Waals surface area contributed by atoms with E-state index in [1.54, 1.807) is 0 Å². The number of rotatable bonds is 4. The molecular weight excluding hydrogens is 471 g/mol. The fourth-order valence-corrected chi connectivity index (χ4v) is 5.10. The number of fused-ring (bicyclic) bond motifs is 2. The summed E-state index contributed by atoms with van der Waals surface area (Å²) in [6.07, 6.45) is 8.97. The van der Waals surface area contributed by atoms with Crippen molar-refractivity contribution in [3.05, 3.63) is 34.9 Å². The molecule has 2 N–H and O–H groups in total. The summed E-state index contributed by atoms with van der Waals surface area (Å²) in [5, 5.41) is 8.13. The van der Waals surface area contributed by atoms with Crippen molar-refractivity contribution in [3.63, 3.8) is 0 Å². The number of halogens is 2. The largest absolute Gasteiger partial charge is 0.356 e. The molecule has 2 atom stereocenters. The molecule has 0 radical (unpaired) electrons. The highest BCUT2D eigenvalue weighted by Crippen LogP contribution is 2.48. The summed E-state index contributed by atoms with van der Waals surface area (Å²) in [7, 11) is 4.18. The Balaban J connectivity index is 0.00000210. The highest BCUT2D eigenvalue weighted by Gasteiger charge is 2.44. The molecule has 2 heterocycles. The van der Waals surface area contributed by atoms with E-state index in [4.69, 9.17) is 11.6 Å². The van der Waals surface area contributed by atoms with Gasteiger partial charge < -0.3 is 15.5 Å². The third-order valence-corrected chi connectivity index (χ3v) is 7.02. The average molecular weight is 503 g/mol. The molecule has 2 unspecified atom stereocenters. The molecule has 2 aliphatic heterocycles. The number of aliphatic imine (C=N–C) groups is 1. The second kappa shape index (κ2) is 8.87. The molecule has 3 fully saturated rings. The SMILES string of the molecule is CN=C(NCC1(c2cccc(Cl)c2)CC1)NC1CC2CCCC(C1)N2C.I. The van der Waals surface area contributed by atoms with Crippen LogP contribution in [0.25, 0.3) is 0 Å². The van der Waals surface area contributed by atoms with E-state index < -0.39 is 0 Å². The Labute approximate surface area is 185 Å². The molecule has 4 nitrogen and oxygen atoms in total. The van der Waals surface area contributed by atoms with Crippen molar-refractivity contribution in [3.8, 4) is 0 Å². The van der Waals surface area contributed by atoms with Gasteiger partial charge in [0, 0.05) is 42.2 Å². The fourth-order valence-electron chi connectivity index (χ4n) is 4.91. The molecule has 1 aromatic rings. The van der Waals surface area contributed by atoms with E-state index in [2.05, 4.69) is 45.8 Å². The number of benzene rings is 1. The van der Waals surface area contributed by atoms with Gasteiger partial charge in [0.15, 0.2) is 5.96 Å². The van der Waals surface area contributed by atoms with Gasteiger partial charge >= 0.3 is 0 Å². The van der Waals surface area contributed by atoms with Crippen LogP contribution < -0.4 is 10.6 Å². The first kappa shape index (κ1) is 21.2. The van der Waals surface area contributed by atoms with Crippen LogP contribution in [0.5, 0.6) is 0 Å². The smallest absolute Gasteiger partial charge is 0.191 e. The highest BCUT2D eigenvalue weighted by molar-refractivity contribution is 14.0. The first-order valence-electron chi connectivity index (χ1n) is 10.0. The van der Waals surface area contributed by atoms with E-state index >= 15 is 0 Å². The predicted molar refractivity (Wildman–Crippen MR) is 124 cm³/mol. The predicted octanol–water partition coefficient (Wildman–Crippen LogP) is 4.17. The monoisotopic (exact) mass is 502 g/mol. The summed E-state index contributed by atoms with van der Waals surface area (Å²) >= 11 is 6.20. The summed E-state index contributed by atoms with van der Waals surface area (Å²) in [5.74, 6) is 0.950. The summed E-state index contributed by atoms with van der Waals surface area (Å²) < 4.78 is 0. The molecule has 1 saturated carbocycles. The first-order chi connectivity index (χ1) is 12.6. The van der Waals surface area contributed by atoms with Crippen molar-refractivity contribution in [2.24, 2.45) is 4.99 Å². The second-order valence-corrected chi connectivity index (χ2v) is 8.87. The van der Waals surface area contributed by atoms with Crippen molar-refractivity contribution in [1.82, 2.24) is 15.5 Å². The van der Waals surface area contributed by atoms with Crippen molar-refractivity contribution < 1.29 is 0 Å². The lowest BCUT2D eigenvalue weighted by Gasteiger charge is -2.47. The van der Waals surface area contributed by atoms with E-state index in [-0.39, 0.29) is 29.4 Å². The molecule has 1 aliphatic carbocycles. The molecule has 3 aliphatic rings. The molecule has 0 amide bonds. The lowest BCUT2D eigenvalue weighted by Crippen LogP contribution is -2.57. The molecule has 2 bridgehead atoms. The Morgan fingerprint density at radius 3 is 2.56 bits per heavy atom. The Kier molecular flexibility index (Phi) is 6.96. The van der Waals surface area contributed by atoms with Gasteiger partial charge in [-0.25, -0.2) is 0 Å². The average Bonchev–Trinajstić information content (AvgIpc) is 3.40. The van der Waals surface area contributed by atoms with E-state index in [0.29, 0.717) is 6.04 Å². The molecular formula is C21H32ClIN4. The standard InChI is InChI=1S/C21H31ClN4.HI/c1-23-20(25-17-12-18-7-4-8-19(13-17)26(18)2)24-14-21(9-10-21)15-5-3-6-16(22)11-15;/h3,5-6,11,17-19H,4,7-10,12-14H2,1-2H3,(H2,23,24,25);1H. The van der Waals surface area contributed by atoms with Gasteiger partial charge in [0.1, 0.15) is 0 Å². The zero-order chi connectivity index (χ0) is 18.1. The Morgan fingerprint density at radius 2 is 1.96 bits per heavy atom. The van der Waals surface area contributed by atoms with Crippen LogP contribution in [0.2, 0.25) is 5.02 Å². The maximum Gasteiger partial charge on any atom is 0.191 e. The number of nitrogens with zero attached hydrogens (tertiary/aromatic N) is 2. The maximum absolute atomic E-state index is 6.20. The second-order valence-electron chi connectivity index (χ2n) is 8.43. The van der Waals surface area contributed by atoms with Crippen LogP contribution in [-0.2, 0) is 5.41 Å². The molecule has 4 rings (SSSR count). The zero-order valence-electron chi connectivity index (χ0n) is 16.4. The van der Waals surface area contributed by atoms with Crippen molar-refractivity contribution in [2.45, 2.75) is 68.5 Å². The number of guanidine groups is 1. The van der Waals surface area contributed by atoms with Crippen LogP contribution in [0.3, 0.4) is 0 Å². The van der Waals surface area contributed by atoms with Gasteiger partial charge in [0.25, 0.3) is 0 Å². The quantitative estimate of drug-likeness (QED) is 0.369. The number of hydrogen-bond acceptors (Lipinski definition) is 2. The molecule has 1 aromatic carbocycles. The molecule has 27 heavy (non-hydrogen) atoms. The van der Waals surface area contributed by atoms with Gasteiger partial charge in [0.2, 0.25) is 0 Å². The molecule has 6 heteroatoms. The van der Waals surface area contributed by atoms with Gasteiger partial charge in [0.05, 0.1) is 0 Å². The topological polar surface area (TPSA) is 39.7 Å². The van der Waals surface area contributed by atoms with Crippen LogP contribution >= 0.6 is 35.6 Å². The van der Waals surface area contributed by atoms with E-state index in [1.165, 1.54) is 50.5 Å².